The molecule has 4 nitrogen and oxygen atoms in total. The second-order valence-corrected chi connectivity index (χ2v) is 13.5. The van der Waals surface area contributed by atoms with Crippen molar-refractivity contribution in [1.82, 2.24) is 0 Å². The molecule has 0 saturated heterocycles. The Morgan fingerprint density at radius 3 is 1.02 bits per heavy atom. The largest absolute Gasteiger partial charge is 0.508 e. The first-order valence-corrected chi connectivity index (χ1v) is 15.8. The van der Waals surface area contributed by atoms with Crippen molar-refractivity contribution in [2.24, 2.45) is 0 Å². The van der Waals surface area contributed by atoms with Gasteiger partial charge in [0, 0.05) is 11.8 Å². The van der Waals surface area contributed by atoms with Crippen LogP contribution < -0.4 is 0 Å². The molecule has 2 unspecified atom stereocenters. The Kier molecular flexibility index (Phi) is 5.92. The third-order valence-corrected chi connectivity index (χ3v) is 10.6. The average molecular weight is 605 g/mol. The molecule has 4 heteroatoms. The maximum Gasteiger partial charge on any atom is 0.119 e. The Morgan fingerprint density at radius 1 is 0.326 bits per heavy atom. The van der Waals surface area contributed by atoms with E-state index in [2.05, 4.69) is 62.4 Å². The monoisotopic (exact) mass is 604 g/mol. The van der Waals surface area contributed by atoms with Gasteiger partial charge >= 0.3 is 0 Å². The molecule has 2 aliphatic carbocycles. The summed E-state index contributed by atoms with van der Waals surface area (Å²) in [5, 5.41) is 45.5. The van der Waals surface area contributed by atoms with Crippen LogP contribution in [0.1, 0.15) is 78.6 Å². The minimum absolute atomic E-state index is 0.116. The van der Waals surface area contributed by atoms with Gasteiger partial charge in [0.05, 0.1) is 0 Å². The highest BCUT2D eigenvalue weighted by molar-refractivity contribution is 6.13. The molecule has 2 atom stereocenters. The third-order valence-electron chi connectivity index (χ3n) is 10.6. The molecule has 0 fully saturated rings. The average Bonchev–Trinajstić information content (AvgIpc) is 3.01. The number of benzene rings is 6. The molecule has 4 N–H and O–H groups in total. The Labute approximate surface area is 268 Å². The molecule has 0 saturated carbocycles. The topological polar surface area (TPSA) is 80.9 Å². The summed E-state index contributed by atoms with van der Waals surface area (Å²) >= 11 is 0. The van der Waals surface area contributed by atoms with Crippen molar-refractivity contribution in [3.8, 4) is 45.3 Å². The molecule has 6 aromatic rings. The van der Waals surface area contributed by atoms with E-state index in [1.807, 2.05) is 52.0 Å². The van der Waals surface area contributed by atoms with Crippen molar-refractivity contribution in [3.05, 3.63) is 140 Å². The Balaban J connectivity index is 1.54. The first kappa shape index (κ1) is 28.3. The summed E-state index contributed by atoms with van der Waals surface area (Å²) in [7, 11) is 0. The number of rotatable bonds is 2. The van der Waals surface area contributed by atoms with Crippen molar-refractivity contribution in [2.45, 2.75) is 53.4 Å². The summed E-state index contributed by atoms with van der Waals surface area (Å²) in [5.41, 5.74) is 16.3. The highest BCUT2D eigenvalue weighted by atomic mass is 16.3. The van der Waals surface area contributed by atoms with E-state index in [1.54, 1.807) is 0 Å². The molecule has 0 amide bonds. The van der Waals surface area contributed by atoms with Gasteiger partial charge < -0.3 is 20.4 Å². The maximum atomic E-state index is 11.0. The van der Waals surface area contributed by atoms with Crippen LogP contribution in [0.5, 0.6) is 23.0 Å². The van der Waals surface area contributed by atoms with Gasteiger partial charge in [-0.3, -0.25) is 0 Å². The summed E-state index contributed by atoms with van der Waals surface area (Å²) in [6.45, 7) is 11.9. The van der Waals surface area contributed by atoms with Gasteiger partial charge in [-0.2, -0.15) is 0 Å². The van der Waals surface area contributed by atoms with Crippen LogP contribution in [-0.2, 0) is 0 Å². The van der Waals surface area contributed by atoms with Gasteiger partial charge in [0.15, 0.2) is 0 Å². The quantitative estimate of drug-likeness (QED) is 0.158. The summed E-state index contributed by atoms with van der Waals surface area (Å²) in [5.74, 6) is 0.859. The molecule has 46 heavy (non-hydrogen) atoms. The first-order valence-electron chi connectivity index (χ1n) is 15.8. The minimum Gasteiger partial charge on any atom is -0.508 e. The second-order valence-electron chi connectivity index (χ2n) is 13.5. The fourth-order valence-electron chi connectivity index (χ4n) is 8.13. The second kappa shape index (κ2) is 9.64. The molecule has 228 valence electrons. The predicted octanol–water partition coefficient (Wildman–Crippen LogP) is 9.83. The van der Waals surface area contributed by atoms with Crippen LogP contribution in [0.4, 0.5) is 0 Å². The molecule has 8 rings (SSSR count). The van der Waals surface area contributed by atoms with Crippen molar-refractivity contribution in [2.75, 3.05) is 0 Å². The molecule has 2 aliphatic rings. The molecule has 6 aromatic carbocycles. The summed E-state index contributed by atoms with van der Waals surface area (Å²) in [6.07, 6.45) is 0. The van der Waals surface area contributed by atoms with Gasteiger partial charge in [-0.25, -0.2) is 0 Å². The summed E-state index contributed by atoms with van der Waals surface area (Å²) < 4.78 is 0. The van der Waals surface area contributed by atoms with E-state index < -0.39 is 0 Å². The molecule has 0 aromatic heterocycles. The van der Waals surface area contributed by atoms with Crippen LogP contribution in [0.2, 0.25) is 0 Å². The molecular formula is C42H36O4. The van der Waals surface area contributed by atoms with Crippen LogP contribution in [0, 0.1) is 41.5 Å². The lowest BCUT2D eigenvalue weighted by Gasteiger charge is -2.36. The molecule has 0 aliphatic heterocycles. The lowest BCUT2D eigenvalue weighted by molar-refractivity contribution is 0.469. The van der Waals surface area contributed by atoms with Gasteiger partial charge in [-0.05, 0) is 166 Å². The van der Waals surface area contributed by atoms with E-state index in [1.165, 1.54) is 11.1 Å². The van der Waals surface area contributed by atoms with Crippen molar-refractivity contribution in [1.29, 1.82) is 0 Å². The van der Waals surface area contributed by atoms with E-state index in [-0.39, 0.29) is 34.8 Å². The summed E-state index contributed by atoms with van der Waals surface area (Å²) in [4.78, 5) is 0. The zero-order valence-corrected chi connectivity index (χ0v) is 26.9. The van der Waals surface area contributed by atoms with Crippen molar-refractivity contribution < 1.29 is 20.4 Å². The van der Waals surface area contributed by atoms with Gasteiger partial charge in [-0.1, -0.05) is 48.5 Å². The Bertz CT molecular complexity index is 2160. The van der Waals surface area contributed by atoms with E-state index in [0.717, 1.165) is 88.7 Å². The Hall–Kier alpha value is -5.22. The fraction of sp³-hybridized carbons (Fsp3) is 0.190. The van der Waals surface area contributed by atoms with Crippen LogP contribution in [0.3, 0.4) is 0 Å². The van der Waals surface area contributed by atoms with Gasteiger partial charge in [0.2, 0.25) is 0 Å². The predicted molar refractivity (Wildman–Crippen MR) is 185 cm³/mol. The molecule has 0 spiro atoms. The fourth-order valence-corrected chi connectivity index (χ4v) is 8.13. The van der Waals surface area contributed by atoms with Gasteiger partial charge in [-0.15, -0.1) is 0 Å². The Morgan fingerprint density at radius 2 is 0.652 bits per heavy atom. The number of hydrogen-bond donors (Lipinski definition) is 4. The number of aromatic hydroxyl groups is 4. The third kappa shape index (κ3) is 3.79. The van der Waals surface area contributed by atoms with Crippen LogP contribution in [0.25, 0.3) is 33.0 Å². The molecule has 0 bridgehead atoms. The zero-order chi connectivity index (χ0) is 32.3. The number of hydrogen-bond acceptors (Lipinski definition) is 4. The van der Waals surface area contributed by atoms with Gasteiger partial charge in [0.1, 0.15) is 23.0 Å². The molecule has 0 radical (unpaired) electrons. The minimum atomic E-state index is -0.116. The highest BCUT2D eigenvalue weighted by Gasteiger charge is 2.36. The smallest absolute Gasteiger partial charge is 0.119 e. The number of fused-ring (bicyclic) bond motifs is 4. The maximum absolute atomic E-state index is 11.0. The standard InChI is InChI=1S/C42H36O4/c1-19-15-35(43)21(3)11-29(19)39-27-9-10-28-40(30-12-22(4)36(44)16-20(30)2)34-14-24(6)38(46)18-32(34)26-8-7-25(41(27)42(26)28)31-17-37(45)23(5)13-33(31)39/h7-18,39-40,43-46H,1-6H3. The lowest BCUT2D eigenvalue weighted by atomic mass is 9.67. The number of phenols is 4. The number of phenolic OH excluding ortho intramolecular Hbond substituents is 4. The van der Waals surface area contributed by atoms with E-state index in [4.69, 9.17) is 0 Å². The lowest BCUT2D eigenvalue weighted by Crippen LogP contribution is -2.17. The van der Waals surface area contributed by atoms with Crippen molar-refractivity contribution >= 4 is 10.8 Å². The normalized spacial score (nSPS) is 16.0. The zero-order valence-electron chi connectivity index (χ0n) is 26.9. The summed E-state index contributed by atoms with van der Waals surface area (Å²) in [6, 6.07) is 24.8. The first-order chi connectivity index (χ1) is 21.9. The van der Waals surface area contributed by atoms with Crippen LogP contribution in [0.15, 0.2) is 72.8 Å². The van der Waals surface area contributed by atoms with Crippen LogP contribution in [-0.4, -0.2) is 20.4 Å². The van der Waals surface area contributed by atoms with Gasteiger partial charge in [0.25, 0.3) is 0 Å². The van der Waals surface area contributed by atoms with E-state index in [0.29, 0.717) is 0 Å². The highest BCUT2D eigenvalue weighted by Crippen LogP contribution is 2.57. The van der Waals surface area contributed by atoms with Crippen LogP contribution >= 0.6 is 0 Å². The van der Waals surface area contributed by atoms with E-state index in [9.17, 15) is 20.4 Å². The van der Waals surface area contributed by atoms with Crippen molar-refractivity contribution in [3.63, 3.8) is 0 Å². The van der Waals surface area contributed by atoms with E-state index >= 15 is 0 Å². The number of aryl methyl sites for hydroxylation is 6. The molecular weight excluding hydrogens is 568 g/mol. The SMILES string of the molecule is Cc1cc(C2c3cc(C)c(O)cc3-c3ccc4c5c(ccc2c35)C(c2cc(C)c(O)cc2C)c2cc(C)c(O)cc2-4)c(C)cc1O. The molecule has 0 heterocycles.